The van der Waals surface area contributed by atoms with E-state index in [9.17, 15) is 31.5 Å². The average molecular weight is 693 g/mol. The molecule has 0 unspecified atom stereocenters. The smallest absolute Gasteiger partial charge is 0.349 e. The standard InChI is InChI=1S/C26H27Cl2N3O9S3/c27-15-42(36,37)30-20-7-2-1-4-17(20)14-43(38,39)31-10-8-18(9-11-31)29-19-6-3-5-16(12-19)24-22(28)23(40-13-21(32)33)25(41-24)26(34)35/h1-7,12,18,29-30H,8-11,13-15H2,(H,32,33)(H,34,35). The number of thiophene rings is 1. The first-order valence-corrected chi connectivity index (χ1v) is 17.7. The molecule has 1 aliphatic heterocycles. The highest BCUT2D eigenvalue weighted by atomic mass is 35.5. The SMILES string of the molecule is O=C(O)COc1c(C(=O)O)sc(-c2cccc(NC3CCN(S(=O)(=O)Cc4ccccc4NS(=O)(=O)CCl)CC3)c2)c1Cl. The molecule has 0 amide bonds. The van der Waals surface area contributed by atoms with Crippen molar-refractivity contribution in [2.45, 2.75) is 24.6 Å². The molecule has 12 nitrogen and oxygen atoms in total. The maximum Gasteiger partial charge on any atom is 0.349 e. The lowest BCUT2D eigenvalue weighted by molar-refractivity contribution is -0.139. The van der Waals surface area contributed by atoms with Crippen LogP contribution in [0.4, 0.5) is 11.4 Å². The van der Waals surface area contributed by atoms with Crippen LogP contribution >= 0.6 is 34.5 Å². The first-order chi connectivity index (χ1) is 20.3. The molecule has 0 atom stereocenters. The van der Waals surface area contributed by atoms with Crippen molar-refractivity contribution in [3.05, 3.63) is 64.0 Å². The Hall–Kier alpha value is -3.08. The molecule has 3 aromatic rings. The summed E-state index contributed by atoms with van der Waals surface area (Å²) in [6, 6.07) is 13.3. The van der Waals surface area contributed by atoms with Crippen LogP contribution in [0, 0.1) is 0 Å². The van der Waals surface area contributed by atoms with Gasteiger partial charge in [-0.1, -0.05) is 41.9 Å². The second-order valence-electron chi connectivity index (χ2n) is 9.53. The van der Waals surface area contributed by atoms with E-state index in [0.29, 0.717) is 34.5 Å². The Morgan fingerprint density at radius 3 is 2.40 bits per heavy atom. The van der Waals surface area contributed by atoms with Crippen molar-refractivity contribution in [1.82, 2.24) is 4.31 Å². The lowest BCUT2D eigenvalue weighted by atomic mass is 10.1. The third kappa shape index (κ3) is 8.31. The number of para-hydroxylation sites is 1. The van der Waals surface area contributed by atoms with Crippen LogP contribution in [0.3, 0.4) is 0 Å². The van der Waals surface area contributed by atoms with Crippen molar-refractivity contribution in [1.29, 1.82) is 0 Å². The molecule has 17 heteroatoms. The van der Waals surface area contributed by atoms with Gasteiger partial charge in [0.15, 0.2) is 17.2 Å². The summed E-state index contributed by atoms with van der Waals surface area (Å²) in [5.74, 6) is -3.16. The van der Waals surface area contributed by atoms with Gasteiger partial charge in [-0.05, 0) is 42.2 Å². The van der Waals surface area contributed by atoms with Gasteiger partial charge in [-0.15, -0.1) is 22.9 Å². The van der Waals surface area contributed by atoms with Crippen molar-refractivity contribution in [3.63, 3.8) is 0 Å². The Morgan fingerprint density at radius 2 is 1.74 bits per heavy atom. The lowest BCUT2D eigenvalue weighted by Crippen LogP contribution is -2.42. The molecule has 43 heavy (non-hydrogen) atoms. The summed E-state index contributed by atoms with van der Waals surface area (Å²) in [5, 5.41) is 21.2. The third-order valence-corrected chi connectivity index (χ3v) is 11.6. The molecule has 1 fully saturated rings. The van der Waals surface area contributed by atoms with Gasteiger partial charge in [0, 0.05) is 24.8 Å². The fourth-order valence-corrected chi connectivity index (χ4v) is 8.23. The minimum atomic E-state index is -3.81. The number of rotatable bonds is 13. The Bertz CT molecular complexity index is 1720. The van der Waals surface area contributed by atoms with Gasteiger partial charge in [0.1, 0.15) is 10.2 Å². The van der Waals surface area contributed by atoms with E-state index in [0.717, 1.165) is 11.3 Å². The maximum absolute atomic E-state index is 13.2. The predicted octanol–water partition coefficient (Wildman–Crippen LogP) is 4.57. The van der Waals surface area contributed by atoms with Crippen molar-refractivity contribution < 1.29 is 41.4 Å². The molecule has 232 valence electrons. The van der Waals surface area contributed by atoms with Crippen molar-refractivity contribution >= 4 is 77.9 Å². The molecule has 0 bridgehead atoms. The molecular weight excluding hydrogens is 665 g/mol. The molecule has 0 aliphatic carbocycles. The number of hydrogen-bond acceptors (Lipinski definition) is 9. The number of hydrogen-bond donors (Lipinski definition) is 4. The summed E-state index contributed by atoms with van der Waals surface area (Å²) >= 11 is 12.8. The van der Waals surface area contributed by atoms with Gasteiger partial charge in [-0.3, -0.25) is 4.72 Å². The van der Waals surface area contributed by atoms with Crippen molar-refractivity contribution in [2.75, 3.05) is 34.9 Å². The number of aromatic carboxylic acids is 1. The molecule has 0 radical (unpaired) electrons. The number of carbonyl (C=O) groups is 2. The average Bonchev–Trinajstić information content (AvgIpc) is 3.29. The highest BCUT2D eigenvalue weighted by molar-refractivity contribution is 7.93. The van der Waals surface area contributed by atoms with E-state index in [1.807, 2.05) is 6.07 Å². The van der Waals surface area contributed by atoms with Gasteiger partial charge in [-0.2, -0.15) is 0 Å². The lowest BCUT2D eigenvalue weighted by Gasteiger charge is -2.32. The monoisotopic (exact) mass is 691 g/mol. The van der Waals surface area contributed by atoms with Crippen LogP contribution in [0.5, 0.6) is 5.75 Å². The minimum Gasteiger partial charge on any atom is -0.479 e. The molecule has 2 aromatic carbocycles. The molecule has 1 saturated heterocycles. The zero-order chi connectivity index (χ0) is 31.4. The highest BCUT2D eigenvalue weighted by Gasteiger charge is 2.30. The van der Waals surface area contributed by atoms with E-state index in [-0.39, 0.29) is 46.2 Å². The van der Waals surface area contributed by atoms with Crippen LogP contribution < -0.4 is 14.8 Å². The van der Waals surface area contributed by atoms with E-state index in [4.69, 9.17) is 33.0 Å². The number of alkyl halides is 1. The Balaban J connectivity index is 1.42. The Kier molecular flexibility index (Phi) is 10.5. The van der Waals surface area contributed by atoms with Crippen molar-refractivity contribution in [2.24, 2.45) is 0 Å². The van der Waals surface area contributed by atoms with Gasteiger partial charge in [0.25, 0.3) is 0 Å². The zero-order valence-electron chi connectivity index (χ0n) is 22.3. The highest BCUT2D eigenvalue weighted by Crippen LogP contribution is 2.46. The number of aliphatic carboxylic acids is 1. The number of nitrogens with zero attached hydrogens (tertiary/aromatic N) is 1. The second kappa shape index (κ2) is 13.7. The first kappa shape index (κ1) is 32.8. The number of halogens is 2. The summed E-state index contributed by atoms with van der Waals surface area (Å²) in [6.45, 7) is -0.248. The molecule has 1 aromatic heterocycles. The minimum absolute atomic E-state index is 0.00338. The number of carboxylic acid groups (broad SMARTS) is 2. The van der Waals surface area contributed by atoms with E-state index >= 15 is 0 Å². The number of piperidine rings is 1. The largest absolute Gasteiger partial charge is 0.479 e. The van der Waals surface area contributed by atoms with Gasteiger partial charge >= 0.3 is 11.9 Å². The summed E-state index contributed by atoms with van der Waals surface area (Å²) < 4.78 is 59.1. The fourth-order valence-electron chi connectivity index (χ4n) is 4.48. The predicted molar refractivity (Wildman–Crippen MR) is 165 cm³/mol. The molecule has 0 saturated carbocycles. The molecular formula is C26H27Cl2N3O9S3. The Labute approximate surface area is 262 Å². The number of ether oxygens (including phenoxy) is 1. The van der Waals surface area contributed by atoms with E-state index in [2.05, 4.69) is 10.0 Å². The van der Waals surface area contributed by atoms with Crippen LogP contribution in [0.15, 0.2) is 48.5 Å². The van der Waals surface area contributed by atoms with Crippen molar-refractivity contribution in [3.8, 4) is 16.2 Å². The van der Waals surface area contributed by atoms with Gasteiger partial charge < -0.3 is 20.3 Å². The fraction of sp³-hybridized carbons (Fsp3) is 0.308. The van der Waals surface area contributed by atoms with Gasteiger partial charge in [-0.25, -0.2) is 30.7 Å². The second-order valence-corrected chi connectivity index (χ2v) is 15.2. The quantitative estimate of drug-likeness (QED) is 0.185. The zero-order valence-corrected chi connectivity index (χ0v) is 26.3. The van der Waals surface area contributed by atoms with E-state index in [1.54, 1.807) is 36.4 Å². The van der Waals surface area contributed by atoms with Gasteiger partial charge in [0.05, 0.1) is 16.3 Å². The number of sulfonamides is 2. The molecule has 1 aliphatic rings. The summed E-state index contributed by atoms with van der Waals surface area (Å²) in [5.41, 5.74) is 1.76. The van der Waals surface area contributed by atoms with Crippen LogP contribution in [-0.4, -0.2) is 74.2 Å². The van der Waals surface area contributed by atoms with E-state index < -0.39 is 43.8 Å². The molecule has 4 N–H and O–H groups in total. The van der Waals surface area contributed by atoms with Crippen LogP contribution in [0.2, 0.25) is 5.02 Å². The van der Waals surface area contributed by atoms with Crippen LogP contribution in [0.25, 0.3) is 10.4 Å². The number of anilines is 2. The third-order valence-electron chi connectivity index (χ3n) is 6.45. The molecule has 2 heterocycles. The molecule has 0 spiro atoms. The normalized spacial score (nSPS) is 14.7. The van der Waals surface area contributed by atoms with Crippen LogP contribution in [-0.2, 0) is 30.6 Å². The number of benzene rings is 2. The summed E-state index contributed by atoms with van der Waals surface area (Å²) in [6.07, 6.45) is 1.00. The maximum atomic E-state index is 13.2. The topological polar surface area (TPSA) is 179 Å². The van der Waals surface area contributed by atoms with E-state index in [1.165, 1.54) is 10.4 Å². The van der Waals surface area contributed by atoms with Gasteiger partial charge in [0.2, 0.25) is 20.0 Å². The van der Waals surface area contributed by atoms with Crippen LogP contribution in [0.1, 0.15) is 28.1 Å². The molecule has 4 rings (SSSR count). The number of carboxylic acids is 2. The Morgan fingerprint density at radius 1 is 1.05 bits per heavy atom. The summed E-state index contributed by atoms with van der Waals surface area (Å²) in [4.78, 5) is 22.8. The summed E-state index contributed by atoms with van der Waals surface area (Å²) in [7, 11) is -7.56. The number of nitrogens with one attached hydrogen (secondary N) is 2. The first-order valence-electron chi connectivity index (χ1n) is 12.7.